The van der Waals surface area contributed by atoms with E-state index in [1.165, 1.54) is 6.92 Å². The number of amides is 1. The maximum absolute atomic E-state index is 12.1. The van der Waals surface area contributed by atoms with Crippen LogP contribution in [0.1, 0.15) is 18.9 Å². The molecule has 6 rings (SSSR count). The van der Waals surface area contributed by atoms with Crippen LogP contribution in [0.3, 0.4) is 0 Å². The number of aliphatic hydroxyl groups is 1. The number of anilines is 3. The highest BCUT2D eigenvalue weighted by Crippen LogP contribution is 2.34. The zero-order chi connectivity index (χ0) is 26.9. The summed E-state index contributed by atoms with van der Waals surface area (Å²) in [5.74, 6) is 1.80. The first-order valence-electron chi connectivity index (χ1n) is 13.1. The number of rotatable bonds is 6. The molecule has 0 radical (unpaired) electrons. The third-order valence-corrected chi connectivity index (χ3v) is 7.16. The average Bonchev–Trinajstić information content (AvgIpc) is 3.46. The van der Waals surface area contributed by atoms with E-state index in [1.807, 2.05) is 35.0 Å². The van der Waals surface area contributed by atoms with E-state index in [0.717, 1.165) is 41.0 Å². The summed E-state index contributed by atoms with van der Waals surface area (Å²) in [7, 11) is 1.65. The molecule has 1 amide bonds. The van der Waals surface area contributed by atoms with Gasteiger partial charge >= 0.3 is 0 Å². The molecular weight excluding hydrogens is 498 g/mol. The molecule has 0 bridgehead atoms. The van der Waals surface area contributed by atoms with Gasteiger partial charge in [-0.2, -0.15) is 0 Å². The smallest absolute Gasteiger partial charge is 0.251 e. The van der Waals surface area contributed by atoms with Gasteiger partial charge in [-0.05, 0) is 38.0 Å². The highest BCUT2D eigenvalue weighted by atomic mass is 16.5. The minimum absolute atomic E-state index is 0.235. The Morgan fingerprint density at radius 3 is 2.82 bits per heavy atom. The van der Waals surface area contributed by atoms with Crippen LogP contribution in [-0.2, 0) is 11.2 Å². The lowest BCUT2D eigenvalue weighted by Crippen LogP contribution is -2.51. The summed E-state index contributed by atoms with van der Waals surface area (Å²) in [5, 5.41) is 13.0. The van der Waals surface area contributed by atoms with Crippen LogP contribution in [0.5, 0.6) is 11.6 Å². The van der Waals surface area contributed by atoms with Crippen molar-refractivity contribution < 1.29 is 19.4 Å². The molecule has 0 aliphatic carbocycles. The van der Waals surface area contributed by atoms with Gasteiger partial charge in [0.15, 0.2) is 11.5 Å². The molecular formula is C28H31N7O4. The van der Waals surface area contributed by atoms with Crippen molar-refractivity contribution in [2.45, 2.75) is 25.9 Å². The summed E-state index contributed by atoms with van der Waals surface area (Å²) in [5.41, 5.74) is 5.25. The minimum Gasteiger partial charge on any atom is -0.495 e. The molecule has 202 valence electrons. The van der Waals surface area contributed by atoms with Gasteiger partial charge in [-0.15, -0.1) is 0 Å². The van der Waals surface area contributed by atoms with E-state index >= 15 is 0 Å². The Labute approximate surface area is 226 Å². The number of aromatic nitrogens is 4. The van der Waals surface area contributed by atoms with Gasteiger partial charge in [0.1, 0.15) is 11.9 Å². The van der Waals surface area contributed by atoms with Gasteiger partial charge in [-0.25, -0.2) is 15.0 Å². The number of nitrogens with one attached hydrogen (secondary N) is 1. The minimum atomic E-state index is -0.984. The molecule has 0 saturated carbocycles. The fourth-order valence-electron chi connectivity index (χ4n) is 5.12. The van der Waals surface area contributed by atoms with Crippen LogP contribution < -0.4 is 19.7 Å². The van der Waals surface area contributed by atoms with Crippen molar-refractivity contribution in [3.63, 3.8) is 0 Å². The summed E-state index contributed by atoms with van der Waals surface area (Å²) in [6, 6.07) is 8.03. The van der Waals surface area contributed by atoms with Crippen molar-refractivity contribution in [1.82, 2.24) is 24.3 Å². The topological polar surface area (TPSA) is 117 Å². The Kier molecular flexibility index (Phi) is 6.65. The third kappa shape index (κ3) is 4.92. The number of imidazole rings is 1. The lowest BCUT2D eigenvalue weighted by Gasteiger charge is -2.37. The van der Waals surface area contributed by atoms with Crippen LogP contribution in [-0.4, -0.2) is 81.3 Å². The van der Waals surface area contributed by atoms with Crippen LogP contribution >= 0.6 is 0 Å². The van der Waals surface area contributed by atoms with Gasteiger partial charge in [0.25, 0.3) is 5.91 Å². The van der Waals surface area contributed by atoms with E-state index in [4.69, 9.17) is 14.5 Å². The summed E-state index contributed by atoms with van der Waals surface area (Å²) in [6.07, 6.45) is 8.32. The van der Waals surface area contributed by atoms with Crippen LogP contribution in [0.25, 0.3) is 16.9 Å². The predicted octanol–water partition coefficient (Wildman–Crippen LogP) is 2.90. The zero-order valence-corrected chi connectivity index (χ0v) is 22.0. The Bertz CT molecular complexity index is 1510. The molecule has 0 spiro atoms. The summed E-state index contributed by atoms with van der Waals surface area (Å²) >= 11 is 0. The molecule has 1 atom stereocenters. The zero-order valence-electron chi connectivity index (χ0n) is 22.0. The number of benzene rings is 1. The number of methoxy groups -OCH3 is 1. The van der Waals surface area contributed by atoms with Gasteiger partial charge in [0.05, 0.1) is 25.1 Å². The van der Waals surface area contributed by atoms with E-state index in [2.05, 4.69) is 26.3 Å². The molecule has 2 aliphatic heterocycles. The molecule has 5 heterocycles. The Morgan fingerprint density at radius 2 is 2.03 bits per heavy atom. The van der Waals surface area contributed by atoms with Crippen molar-refractivity contribution in [2.24, 2.45) is 0 Å². The van der Waals surface area contributed by atoms with E-state index in [1.54, 1.807) is 24.4 Å². The maximum atomic E-state index is 12.1. The first-order valence-corrected chi connectivity index (χ1v) is 13.1. The van der Waals surface area contributed by atoms with Crippen molar-refractivity contribution in [1.29, 1.82) is 0 Å². The number of carbonyl (C=O) groups excluding carboxylic acids is 1. The lowest BCUT2D eigenvalue weighted by molar-refractivity contribution is -0.139. The molecule has 11 nitrogen and oxygen atoms in total. The molecule has 1 saturated heterocycles. The lowest BCUT2D eigenvalue weighted by atomic mass is 10.1. The molecule has 2 aliphatic rings. The number of pyridine rings is 1. The summed E-state index contributed by atoms with van der Waals surface area (Å²) in [4.78, 5) is 29.9. The number of ether oxygens (including phenoxy) is 2. The molecule has 39 heavy (non-hydrogen) atoms. The van der Waals surface area contributed by atoms with Gasteiger partial charge in [0, 0.05) is 73.8 Å². The highest BCUT2D eigenvalue weighted by Gasteiger charge is 2.25. The second-order valence-corrected chi connectivity index (χ2v) is 9.77. The standard InChI is InChI=1S/C28H31N7O4/c1-18(36)28(37)34-11-9-33(10-12-34)23-6-5-21(15-24(23)38-2)31-25-26-29-7-8-35(26)17-22(32-25)20-14-19-4-3-13-39-27(19)30-16-20/h5-8,14-18,36H,3-4,9-13H2,1-2H3,(H,31,32). The van der Waals surface area contributed by atoms with Crippen LogP contribution in [0.4, 0.5) is 17.2 Å². The van der Waals surface area contributed by atoms with Crippen molar-refractivity contribution in [3.8, 4) is 22.9 Å². The quantitative estimate of drug-likeness (QED) is 0.389. The van der Waals surface area contributed by atoms with Gasteiger partial charge in [-0.1, -0.05) is 0 Å². The number of fused-ring (bicyclic) bond motifs is 2. The highest BCUT2D eigenvalue weighted by molar-refractivity contribution is 5.81. The normalized spacial score (nSPS) is 16.0. The Morgan fingerprint density at radius 1 is 1.18 bits per heavy atom. The van der Waals surface area contributed by atoms with Crippen LogP contribution in [0, 0.1) is 0 Å². The fourth-order valence-corrected chi connectivity index (χ4v) is 5.12. The number of aliphatic hydroxyl groups excluding tert-OH is 1. The van der Waals surface area contributed by atoms with Gasteiger partial charge in [-0.3, -0.25) is 4.79 Å². The number of hydrogen-bond acceptors (Lipinski definition) is 9. The number of carbonyl (C=O) groups is 1. The molecule has 2 N–H and O–H groups in total. The van der Waals surface area contributed by atoms with Crippen molar-refractivity contribution in [2.75, 3.05) is 50.1 Å². The first kappa shape index (κ1) is 24.9. The Balaban J connectivity index is 1.25. The number of nitrogens with zero attached hydrogens (tertiary/aromatic N) is 6. The van der Waals surface area contributed by atoms with E-state index in [-0.39, 0.29) is 5.91 Å². The van der Waals surface area contributed by atoms with Gasteiger partial charge in [0.2, 0.25) is 5.88 Å². The van der Waals surface area contributed by atoms with Gasteiger partial charge < -0.3 is 34.1 Å². The molecule has 3 aromatic heterocycles. The molecule has 4 aromatic rings. The van der Waals surface area contributed by atoms with E-state index < -0.39 is 6.10 Å². The largest absolute Gasteiger partial charge is 0.495 e. The van der Waals surface area contributed by atoms with Crippen molar-refractivity contribution in [3.05, 3.63) is 54.6 Å². The molecule has 1 unspecified atom stereocenters. The van der Waals surface area contributed by atoms with Crippen LogP contribution in [0.15, 0.2) is 49.1 Å². The van der Waals surface area contributed by atoms with Crippen LogP contribution in [0.2, 0.25) is 0 Å². The van der Waals surface area contributed by atoms with E-state index in [0.29, 0.717) is 55.9 Å². The maximum Gasteiger partial charge on any atom is 0.251 e. The molecule has 11 heteroatoms. The second kappa shape index (κ2) is 10.4. The SMILES string of the molecule is COc1cc(Nc2nc(-c3cnc4c(c3)CCCO4)cn3ccnc23)ccc1N1CCN(C(=O)C(C)O)CC1. The Hall–Kier alpha value is -4.38. The van der Waals surface area contributed by atoms with E-state index in [9.17, 15) is 9.90 Å². The molecule has 1 fully saturated rings. The fraction of sp³-hybridized carbons (Fsp3) is 0.357. The number of piperazine rings is 1. The second-order valence-electron chi connectivity index (χ2n) is 9.77. The monoisotopic (exact) mass is 529 g/mol. The third-order valence-electron chi connectivity index (χ3n) is 7.16. The summed E-state index contributed by atoms with van der Waals surface area (Å²) < 4.78 is 13.4. The summed E-state index contributed by atoms with van der Waals surface area (Å²) in [6.45, 7) is 4.60. The molecule has 1 aromatic carbocycles. The predicted molar refractivity (Wildman–Crippen MR) is 147 cm³/mol. The average molecular weight is 530 g/mol. The first-order chi connectivity index (χ1) is 19.0. The van der Waals surface area contributed by atoms with Crippen molar-refractivity contribution >= 4 is 28.7 Å². The number of hydrogen-bond donors (Lipinski definition) is 2. The number of aryl methyl sites for hydroxylation is 1.